The maximum absolute atomic E-state index is 5.28. The first kappa shape index (κ1) is 25.2. The van der Waals surface area contributed by atoms with E-state index in [1.54, 1.807) is 0 Å². The topological polar surface area (TPSA) is 32.3 Å². The minimum atomic E-state index is 0.0897. The van der Waals surface area contributed by atoms with Crippen molar-refractivity contribution in [3.63, 3.8) is 0 Å². The van der Waals surface area contributed by atoms with Gasteiger partial charge in [0.05, 0.1) is 11.4 Å². The van der Waals surface area contributed by atoms with Gasteiger partial charge < -0.3 is 9.80 Å². The van der Waals surface area contributed by atoms with Crippen LogP contribution in [0.5, 0.6) is 0 Å². The summed E-state index contributed by atoms with van der Waals surface area (Å²) in [6.45, 7) is 15.2. The van der Waals surface area contributed by atoms with Gasteiger partial charge in [0.25, 0.3) is 0 Å². The highest BCUT2D eigenvalue weighted by Gasteiger charge is 2.53. The lowest BCUT2D eigenvalue weighted by atomic mass is 9.66. The standard InChI is InChI=1S/C27H30N4.2C2H6/c1-4-27(3)18(2)26-30(19-12-6-5-7-13-19)24-25(29-22-16-10-9-15-21(22)28-24)31(26)23-17-11-8-14-20(23)27;2*1-2/h5-8,11-14,17-18,26H,4,9-10,15-16H2,1-3H3;2*1-2H3. The number of rotatable bonds is 2. The van der Waals surface area contributed by atoms with Gasteiger partial charge in [-0.25, -0.2) is 9.97 Å². The van der Waals surface area contributed by atoms with Gasteiger partial charge in [0, 0.05) is 22.7 Å². The molecule has 0 saturated carbocycles. The van der Waals surface area contributed by atoms with E-state index in [-0.39, 0.29) is 11.6 Å². The van der Waals surface area contributed by atoms with Gasteiger partial charge in [-0.3, -0.25) is 0 Å². The molecule has 35 heavy (non-hydrogen) atoms. The largest absolute Gasteiger partial charge is 0.302 e. The average Bonchev–Trinajstić information content (AvgIpc) is 3.27. The zero-order valence-electron chi connectivity index (χ0n) is 22.7. The van der Waals surface area contributed by atoms with E-state index in [1.807, 2.05) is 27.7 Å². The van der Waals surface area contributed by atoms with E-state index in [4.69, 9.17) is 9.97 Å². The van der Waals surface area contributed by atoms with Crippen molar-refractivity contribution < 1.29 is 0 Å². The molecule has 6 rings (SSSR count). The van der Waals surface area contributed by atoms with Gasteiger partial charge in [-0.1, -0.05) is 84.9 Å². The molecule has 2 aromatic carbocycles. The van der Waals surface area contributed by atoms with Gasteiger partial charge in [-0.15, -0.1) is 0 Å². The summed E-state index contributed by atoms with van der Waals surface area (Å²) in [6, 6.07) is 19.7. The Kier molecular flexibility index (Phi) is 7.49. The van der Waals surface area contributed by atoms with Gasteiger partial charge in [0.2, 0.25) is 0 Å². The minimum absolute atomic E-state index is 0.0897. The molecule has 0 fully saturated rings. The smallest absolute Gasteiger partial charge is 0.178 e. The summed E-state index contributed by atoms with van der Waals surface area (Å²) in [6.07, 6.45) is 5.79. The molecular weight excluding hydrogens is 428 g/mol. The Balaban J connectivity index is 0.000000689. The summed E-state index contributed by atoms with van der Waals surface area (Å²) < 4.78 is 0. The minimum Gasteiger partial charge on any atom is -0.302 e. The summed E-state index contributed by atoms with van der Waals surface area (Å²) >= 11 is 0. The molecule has 3 aromatic rings. The van der Waals surface area contributed by atoms with Crippen LogP contribution in [-0.2, 0) is 18.3 Å². The molecule has 186 valence electrons. The van der Waals surface area contributed by atoms with E-state index >= 15 is 0 Å². The van der Waals surface area contributed by atoms with Crippen molar-refractivity contribution in [2.24, 2.45) is 5.92 Å². The molecule has 1 aliphatic carbocycles. The van der Waals surface area contributed by atoms with Crippen molar-refractivity contribution in [2.75, 3.05) is 9.80 Å². The average molecular weight is 471 g/mol. The third-order valence-corrected chi connectivity index (χ3v) is 8.08. The van der Waals surface area contributed by atoms with Crippen molar-refractivity contribution >= 4 is 23.0 Å². The molecule has 0 radical (unpaired) electrons. The summed E-state index contributed by atoms with van der Waals surface area (Å²) in [7, 11) is 0. The number of hydrogen-bond acceptors (Lipinski definition) is 4. The molecule has 4 nitrogen and oxygen atoms in total. The Hall–Kier alpha value is -2.88. The quantitative estimate of drug-likeness (QED) is 0.377. The monoisotopic (exact) mass is 470 g/mol. The molecule has 4 heteroatoms. The highest BCUT2D eigenvalue weighted by molar-refractivity contribution is 5.86. The van der Waals surface area contributed by atoms with Crippen LogP contribution in [-0.4, -0.2) is 16.1 Å². The number of aromatic nitrogens is 2. The molecule has 3 unspecified atom stereocenters. The molecule has 0 saturated heterocycles. The molecule has 2 aliphatic heterocycles. The Labute approximate surface area is 212 Å². The van der Waals surface area contributed by atoms with Crippen molar-refractivity contribution in [1.82, 2.24) is 9.97 Å². The Bertz CT molecular complexity index is 1140. The molecule has 0 amide bonds. The summed E-state index contributed by atoms with van der Waals surface area (Å²) in [5.74, 6) is 2.46. The molecule has 0 spiro atoms. The normalized spacial score (nSPS) is 23.5. The second-order valence-corrected chi connectivity index (χ2v) is 9.54. The van der Waals surface area contributed by atoms with Gasteiger partial charge in [0.1, 0.15) is 6.17 Å². The Morgan fingerprint density at radius 3 is 1.94 bits per heavy atom. The third kappa shape index (κ3) is 3.91. The first-order chi connectivity index (χ1) is 17.1. The Morgan fingerprint density at radius 2 is 1.34 bits per heavy atom. The van der Waals surface area contributed by atoms with Gasteiger partial charge in [-0.05, 0) is 55.9 Å². The fraction of sp³-hybridized carbons (Fsp3) is 0.484. The number of anilines is 4. The van der Waals surface area contributed by atoms with Crippen molar-refractivity contribution in [3.05, 3.63) is 71.5 Å². The molecule has 1 aromatic heterocycles. The van der Waals surface area contributed by atoms with Crippen LogP contribution >= 0.6 is 0 Å². The van der Waals surface area contributed by atoms with E-state index in [1.165, 1.54) is 41.2 Å². The fourth-order valence-corrected chi connectivity index (χ4v) is 5.98. The lowest BCUT2D eigenvalue weighted by Crippen LogP contribution is -2.54. The third-order valence-electron chi connectivity index (χ3n) is 8.08. The second kappa shape index (κ2) is 10.4. The number of hydrogen-bond donors (Lipinski definition) is 0. The maximum atomic E-state index is 5.28. The van der Waals surface area contributed by atoms with E-state index < -0.39 is 0 Å². The first-order valence-electron chi connectivity index (χ1n) is 13.8. The molecule has 3 heterocycles. The molecular formula is C31H42N4. The van der Waals surface area contributed by atoms with Crippen LogP contribution in [0.1, 0.15) is 84.7 Å². The van der Waals surface area contributed by atoms with E-state index in [9.17, 15) is 0 Å². The van der Waals surface area contributed by atoms with E-state index in [0.717, 1.165) is 30.9 Å². The van der Waals surface area contributed by atoms with E-state index in [2.05, 4.69) is 85.2 Å². The fourth-order valence-electron chi connectivity index (χ4n) is 5.98. The summed E-state index contributed by atoms with van der Waals surface area (Å²) in [5.41, 5.74) is 6.41. The van der Waals surface area contributed by atoms with Crippen LogP contribution in [0.25, 0.3) is 0 Å². The van der Waals surface area contributed by atoms with Crippen molar-refractivity contribution in [1.29, 1.82) is 0 Å². The molecule has 3 atom stereocenters. The van der Waals surface area contributed by atoms with Crippen molar-refractivity contribution in [3.8, 4) is 0 Å². The first-order valence-corrected chi connectivity index (χ1v) is 13.8. The van der Waals surface area contributed by atoms with Crippen LogP contribution in [0, 0.1) is 5.92 Å². The number of para-hydroxylation sites is 2. The SMILES string of the molecule is CC.CC.CCC1(C)c2ccccc2N2c3nc4c(nc3N(c3ccccc3)C2C1C)CCCC4. The van der Waals surface area contributed by atoms with E-state index in [0.29, 0.717) is 5.92 Å². The highest BCUT2D eigenvalue weighted by atomic mass is 15.5. The predicted molar refractivity (Wildman–Crippen MR) is 149 cm³/mol. The summed E-state index contributed by atoms with van der Waals surface area (Å²) in [5, 5.41) is 0. The summed E-state index contributed by atoms with van der Waals surface area (Å²) in [4.78, 5) is 15.5. The van der Waals surface area contributed by atoms with Crippen LogP contribution in [0.15, 0.2) is 54.6 Å². The Morgan fingerprint density at radius 1 is 0.800 bits per heavy atom. The molecule has 3 aliphatic rings. The lowest BCUT2D eigenvalue weighted by molar-refractivity contribution is 0.249. The van der Waals surface area contributed by atoms with Gasteiger partial charge in [0.15, 0.2) is 11.6 Å². The number of nitrogens with zero attached hydrogens (tertiary/aromatic N) is 4. The zero-order valence-corrected chi connectivity index (χ0v) is 22.7. The maximum Gasteiger partial charge on any atom is 0.178 e. The van der Waals surface area contributed by atoms with Crippen LogP contribution in [0.4, 0.5) is 23.0 Å². The van der Waals surface area contributed by atoms with Crippen molar-refractivity contribution in [2.45, 2.75) is 92.2 Å². The van der Waals surface area contributed by atoms with Gasteiger partial charge >= 0.3 is 0 Å². The lowest BCUT2D eigenvalue weighted by Gasteiger charge is -2.50. The predicted octanol–water partition coefficient (Wildman–Crippen LogP) is 8.34. The number of aryl methyl sites for hydroxylation is 2. The van der Waals surface area contributed by atoms with Crippen LogP contribution < -0.4 is 9.80 Å². The molecule has 0 N–H and O–H groups in total. The van der Waals surface area contributed by atoms with Crippen LogP contribution in [0.2, 0.25) is 0 Å². The second-order valence-electron chi connectivity index (χ2n) is 9.54. The van der Waals surface area contributed by atoms with Crippen LogP contribution in [0.3, 0.4) is 0 Å². The number of fused-ring (bicyclic) bond motifs is 6. The zero-order chi connectivity index (χ0) is 25.2. The number of benzene rings is 2. The van der Waals surface area contributed by atoms with Gasteiger partial charge in [-0.2, -0.15) is 0 Å². The molecule has 0 bridgehead atoms. The highest BCUT2D eigenvalue weighted by Crippen LogP contribution is 2.57.